The minimum Gasteiger partial charge on any atom is -0.507 e. The van der Waals surface area contributed by atoms with Gasteiger partial charge in [-0.1, -0.05) is 6.42 Å². The predicted molar refractivity (Wildman–Crippen MR) is 73.5 cm³/mol. The van der Waals surface area contributed by atoms with E-state index in [0.717, 1.165) is 29.4 Å². The van der Waals surface area contributed by atoms with Crippen molar-refractivity contribution in [2.24, 2.45) is 0 Å². The monoisotopic (exact) mass is 315 g/mol. The maximum Gasteiger partial charge on any atom is 0.175 e. The van der Waals surface area contributed by atoms with Crippen LogP contribution in [0, 0.1) is 0 Å². The lowest BCUT2D eigenvalue weighted by molar-refractivity contribution is 0.342. The highest BCUT2D eigenvalue weighted by molar-refractivity contribution is 9.10. The summed E-state index contributed by atoms with van der Waals surface area (Å²) in [5, 5.41) is 13.6. The second-order valence-corrected chi connectivity index (χ2v) is 5.15. The van der Waals surface area contributed by atoms with E-state index in [1.807, 2.05) is 0 Å². The molecule has 1 fully saturated rings. The molecule has 1 heterocycles. The highest BCUT2D eigenvalue weighted by atomic mass is 79.9. The number of piperidine rings is 1. The lowest BCUT2D eigenvalue weighted by Gasteiger charge is -2.26. The number of halogens is 1. The molecule has 1 unspecified atom stereocenters. The summed E-state index contributed by atoms with van der Waals surface area (Å²) in [5.74, 6) is 1.39. The minimum absolute atomic E-state index is 0.160. The SMILES string of the molecule is COc1cc(O)c(C2CCCCN2)c(Br)c1OC. The van der Waals surface area contributed by atoms with Gasteiger partial charge in [0.1, 0.15) is 5.75 Å². The van der Waals surface area contributed by atoms with Crippen LogP contribution < -0.4 is 14.8 Å². The number of phenolic OH excluding ortho intramolecular Hbond substituents is 1. The van der Waals surface area contributed by atoms with Crippen molar-refractivity contribution in [2.75, 3.05) is 20.8 Å². The normalized spacial score (nSPS) is 19.6. The Kier molecular flexibility index (Phi) is 4.35. The van der Waals surface area contributed by atoms with E-state index in [9.17, 15) is 5.11 Å². The number of aromatic hydroxyl groups is 1. The Morgan fingerprint density at radius 1 is 1.33 bits per heavy atom. The second kappa shape index (κ2) is 5.80. The predicted octanol–water partition coefficient (Wildman–Crippen LogP) is 2.99. The second-order valence-electron chi connectivity index (χ2n) is 4.36. The average Bonchev–Trinajstić information content (AvgIpc) is 2.39. The van der Waals surface area contributed by atoms with Gasteiger partial charge in [0.05, 0.1) is 18.7 Å². The van der Waals surface area contributed by atoms with E-state index < -0.39 is 0 Å². The zero-order valence-corrected chi connectivity index (χ0v) is 12.2. The van der Waals surface area contributed by atoms with Crippen LogP contribution in [0.15, 0.2) is 10.5 Å². The number of hydrogen-bond donors (Lipinski definition) is 2. The molecule has 1 aromatic carbocycles. The Balaban J connectivity index is 2.46. The molecule has 0 spiro atoms. The molecule has 0 aromatic heterocycles. The van der Waals surface area contributed by atoms with Crippen molar-refractivity contribution in [1.82, 2.24) is 5.32 Å². The van der Waals surface area contributed by atoms with Crippen molar-refractivity contribution in [1.29, 1.82) is 0 Å². The van der Waals surface area contributed by atoms with Crippen LogP contribution in [-0.4, -0.2) is 25.9 Å². The summed E-state index contributed by atoms with van der Waals surface area (Å²) >= 11 is 3.51. The first-order valence-electron chi connectivity index (χ1n) is 6.05. The fourth-order valence-corrected chi connectivity index (χ4v) is 3.22. The zero-order chi connectivity index (χ0) is 13.1. The third-order valence-electron chi connectivity index (χ3n) is 3.29. The Hall–Kier alpha value is -0.940. The Morgan fingerprint density at radius 2 is 2.11 bits per heavy atom. The van der Waals surface area contributed by atoms with Gasteiger partial charge in [-0.25, -0.2) is 0 Å². The van der Waals surface area contributed by atoms with Crippen LogP contribution in [0.3, 0.4) is 0 Å². The molecule has 100 valence electrons. The van der Waals surface area contributed by atoms with Crippen molar-refractivity contribution in [2.45, 2.75) is 25.3 Å². The van der Waals surface area contributed by atoms with Crippen LogP contribution in [0.1, 0.15) is 30.9 Å². The van der Waals surface area contributed by atoms with Crippen LogP contribution in [-0.2, 0) is 0 Å². The van der Waals surface area contributed by atoms with Crippen molar-refractivity contribution < 1.29 is 14.6 Å². The van der Waals surface area contributed by atoms with Crippen molar-refractivity contribution in [3.63, 3.8) is 0 Å². The van der Waals surface area contributed by atoms with E-state index >= 15 is 0 Å². The third kappa shape index (κ3) is 2.42. The van der Waals surface area contributed by atoms with Crippen LogP contribution >= 0.6 is 15.9 Å². The third-order valence-corrected chi connectivity index (χ3v) is 4.07. The number of ether oxygens (including phenoxy) is 2. The summed E-state index contributed by atoms with van der Waals surface area (Å²) in [5.41, 5.74) is 0.854. The van der Waals surface area contributed by atoms with Gasteiger partial charge in [0.2, 0.25) is 0 Å². The van der Waals surface area contributed by atoms with E-state index in [0.29, 0.717) is 11.5 Å². The first kappa shape index (κ1) is 13.5. The summed E-state index contributed by atoms with van der Waals surface area (Å²) in [6.45, 7) is 0.977. The van der Waals surface area contributed by atoms with Crippen molar-refractivity contribution in [3.05, 3.63) is 16.1 Å². The van der Waals surface area contributed by atoms with Gasteiger partial charge < -0.3 is 19.9 Å². The minimum atomic E-state index is 0.160. The smallest absolute Gasteiger partial charge is 0.175 e. The van der Waals surface area contributed by atoms with Gasteiger partial charge in [-0.3, -0.25) is 0 Å². The van der Waals surface area contributed by atoms with Gasteiger partial charge in [0, 0.05) is 17.7 Å². The molecule has 2 rings (SSSR count). The van der Waals surface area contributed by atoms with Gasteiger partial charge in [0.15, 0.2) is 11.5 Å². The molecule has 5 heteroatoms. The van der Waals surface area contributed by atoms with Gasteiger partial charge in [-0.2, -0.15) is 0 Å². The first-order chi connectivity index (χ1) is 8.69. The highest BCUT2D eigenvalue weighted by Gasteiger charge is 2.25. The first-order valence-corrected chi connectivity index (χ1v) is 6.85. The molecule has 1 aromatic rings. The highest BCUT2D eigenvalue weighted by Crippen LogP contribution is 2.46. The molecule has 0 saturated carbocycles. The number of phenols is 1. The van der Waals surface area contributed by atoms with Crippen molar-refractivity contribution >= 4 is 15.9 Å². The van der Waals surface area contributed by atoms with Crippen LogP contribution in [0.5, 0.6) is 17.2 Å². The fourth-order valence-electron chi connectivity index (χ4n) is 2.38. The largest absolute Gasteiger partial charge is 0.507 e. The number of hydrogen-bond acceptors (Lipinski definition) is 4. The molecule has 1 saturated heterocycles. The molecule has 1 aliphatic rings. The molecule has 0 bridgehead atoms. The van der Waals surface area contributed by atoms with Crippen LogP contribution in [0.25, 0.3) is 0 Å². The van der Waals surface area contributed by atoms with Gasteiger partial charge >= 0.3 is 0 Å². The summed E-state index contributed by atoms with van der Waals surface area (Å²) in [7, 11) is 3.15. The van der Waals surface area contributed by atoms with Crippen LogP contribution in [0.2, 0.25) is 0 Å². The van der Waals surface area contributed by atoms with Gasteiger partial charge in [-0.05, 0) is 35.3 Å². The molecule has 1 aliphatic heterocycles. The summed E-state index contributed by atoms with van der Waals surface area (Å²) in [6.07, 6.45) is 3.36. The van der Waals surface area contributed by atoms with E-state index in [1.54, 1.807) is 20.3 Å². The van der Waals surface area contributed by atoms with Gasteiger partial charge in [0.25, 0.3) is 0 Å². The van der Waals surface area contributed by atoms with Crippen molar-refractivity contribution in [3.8, 4) is 17.2 Å². The average molecular weight is 316 g/mol. The molecule has 0 amide bonds. The molecule has 4 nitrogen and oxygen atoms in total. The summed E-state index contributed by atoms with van der Waals surface area (Å²) in [6, 6.07) is 1.77. The van der Waals surface area contributed by atoms with E-state index in [4.69, 9.17) is 9.47 Å². The molecule has 1 atom stereocenters. The fraction of sp³-hybridized carbons (Fsp3) is 0.538. The number of methoxy groups -OCH3 is 2. The molecule has 0 radical (unpaired) electrons. The lowest BCUT2D eigenvalue weighted by Crippen LogP contribution is -2.27. The van der Waals surface area contributed by atoms with E-state index in [1.165, 1.54) is 6.42 Å². The molecular formula is C13H18BrNO3. The maximum atomic E-state index is 10.2. The number of benzene rings is 1. The molecule has 2 N–H and O–H groups in total. The topological polar surface area (TPSA) is 50.7 Å². The van der Waals surface area contributed by atoms with E-state index in [2.05, 4.69) is 21.2 Å². The summed E-state index contributed by atoms with van der Waals surface area (Å²) < 4.78 is 11.3. The maximum absolute atomic E-state index is 10.2. The Morgan fingerprint density at radius 3 is 2.67 bits per heavy atom. The Labute approximate surface area is 115 Å². The Bertz CT molecular complexity index is 431. The van der Waals surface area contributed by atoms with E-state index in [-0.39, 0.29) is 11.8 Å². The number of rotatable bonds is 3. The van der Waals surface area contributed by atoms with Crippen LogP contribution in [0.4, 0.5) is 0 Å². The summed E-state index contributed by atoms with van der Waals surface area (Å²) in [4.78, 5) is 0. The quantitative estimate of drug-likeness (QED) is 0.900. The molecule has 18 heavy (non-hydrogen) atoms. The molecular weight excluding hydrogens is 298 g/mol. The molecule has 0 aliphatic carbocycles. The zero-order valence-electron chi connectivity index (χ0n) is 10.6. The lowest BCUT2D eigenvalue weighted by atomic mass is 9.96. The van der Waals surface area contributed by atoms with Gasteiger partial charge in [-0.15, -0.1) is 0 Å². The standard InChI is InChI=1S/C13H18BrNO3/c1-17-10-7-9(16)11(12(14)13(10)18-2)8-5-3-4-6-15-8/h7-8,15-16H,3-6H2,1-2H3. The number of nitrogens with one attached hydrogen (secondary N) is 1.